The quantitative estimate of drug-likeness (QED) is 0.598. The third kappa shape index (κ3) is 6.20. The van der Waals surface area contributed by atoms with Gasteiger partial charge in [-0.1, -0.05) is 30.7 Å². The summed E-state index contributed by atoms with van der Waals surface area (Å²) in [5, 5.41) is 0.408. The lowest BCUT2D eigenvalue weighted by Crippen LogP contribution is -2.45. The molecule has 0 spiro atoms. The summed E-state index contributed by atoms with van der Waals surface area (Å²) < 4.78 is 5.10. The summed E-state index contributed by atoms with van der Waals surface area (Å²) in [7, 11) is 0. The van der Waals surface area contributed by atoms with E-state index < -0.39 is 0 Å². The lowest BCUT2D eigenvalue weighted by atomic mass is 9.98. The van der Waals surface area contributed by atoms with Crippen LogP contribution in [0, 0.1) is 5.92 Å². The highest BCUT2D eigenvalue weighted by molar-refractivity contribution is 6.33. The molecular formula is C22H31ClN2O4. The minimum absolute atomic E-state index is 0.0137. The van der Waals surface area contributed by atoms with Gasteiger partial charge in [-0.05, 0) is 45.2 Å². The monoisotopic (exact) mass is 422 g/mol. The molecule has 1 saturated heterocycles. The van der Waals surface area contributed by atoms with E-state index in [1.54, 1.807) is 41.0 Å². The van der Waals surface area contributed by atoms with E-state index >= 15 is 0 Å². The van der Waals surface area contributed by atoms with Gasteiger partial charge in [0.05, 0.1) is 23.1 Å². The second-order valence-corrected chi connectivity index (χ2v) is 7.82. The molecule has 1 fully saturated rings. The van der Waals surface area contributed by atoms with Crippen molar-refractivity contribution in [3.8, 4) is 0 Å². The smallest absolute Gasteiger partial charge is 0.310 e. The van der Waals surface area contributed by atoms with Crippen LogP contribution in [0.3, 0.4) is 0 Å². The molecule has 7 heteroatoms. The van der Waals surface area contributed by atoms with Crippen LogP contribution in [0.2, 0.25) is 5.02 Å². The first-order valence-corrected chi connectivity index (χ1v) is 10.8. The van der Waals surface area contributed by atoms with Crippen molar-refractivity contribution >= 4 is 29.4 Å². The molecule has 0 aromatic heterocycles. The number of amides is 2. The molecule has 2 atom stereocenters. The van der Waals surface area contributed by atoms with E-state index in [0.29, 0.717) is 36.8 Å². The lowest BCUT2D eigenvalue weighted by Gasteiger charge is -2.33. The Morgan fingerprint density at radius 2 is 2.00 bits per heavy atom. The van der Waals surface area contributed by atoms with Crippen molar-refractivity contribution in [2.75, 3.05) is 26.2 Å². The van der Waals surface area contributed by atoms with Gasteiger partial charge in [-0.2, -0.15) is 0 Å². The Bertz CT molecular complexity index is 725. The van der Waals surface area contributed by atoms with Gasteiger partial charge in [-0.25, -0.2) is 0 Å². The normalized spacial score (nSPS) is 17.5. The zero-order valence-electron chi connectivity index (χ0n) is 17.5. The van der Waals surface area contributed by atoms with Crippen LogP contribution < -0.4 is 0 Å². The van der Waals surface area contributed by atoms with Crippen molar-refractivity contribution in [1.29, 1.82) is 0 Å². The summed E-state index contributed by atoms with van der Waals surface area (Å²) in [5.41, 5.74) is 0.447. The average molecular weight is 423 g/mol. The van der Waals surface area contributed by atoms with E-state index in [1.807, 2.05) is 13.8 Å². The molecule has 0 N–H and O–H groups in total. The largest absolute Gasteiger partial charge is 0.466 e. The molecule has 0 aliphatic carbocycles. The summed E-state index contributed by atoms with van der Waals surface area (Å²) in [6.07, 6.45) is 2.52. The van der Waals surface area contributed by atoms with Gasteiger partial charge in [0.1, 0.15) is 0 Å². The van der Waals surface area contributed by atoms with Gasteiger partial charge in [0, 0.05) is 32.1 Å². The van der Waals surface area contributed by atoms with Crippen LogP contribution in [0.15, 0.2) is 24.3 Å². The Balaban J connectivity index is 2.01. The fraction of sp³-hybridized carbons (Fsp3) is 0.591. The van der Waals surface area contributed by atoms with Crippen molar-refractivity contribution in [2.24, 2.45) is 5.92 Å². The fourth-order valence-corrected chi connectivity index (χ4v) is 3.78. The van der Waals surface area contributed by atoms with Crippen LogP contribution in [0.25, 0.3) is 0 Å². The zero-order valence-corrected chi connectivity index (χ0v) is 18.3. The van der Waals surface area contributed by atoms with E-state index in [4.69, 9.17) is 16.3 Å². The van der Waals surface area contributed by atoms with E-state index in [-0.39, 0.29) is 36.2 Å². The summed E-state index contributed by atoms with van der Waals surface area (Å²) in [6, 6.07) is 6.95. The number of carbonyl (C=O) groups is 3. The molecule has 2 amide bonds. The van der Waals surface area contributed by atoms with Gasteiger partial charge in [-0.15, -0.1) is 0 Å². The molecule has 29 heavy (non-hydrogen) atoms. The topological polar surface area (TPSA) is 66.9 Å². The van der Waals surface area contributed by atoms with Gasteiger partial charge < -0.3 is 14.5 Å². The van der Waals surface area contributed by atoms with E-state index in [2.05, 4.69) is 0 Å². The number of hydrogen-bond acceptors (Lipinski definition) is 4. The molecule has 6 nitrogen and oxygen atoms in total. The number of esters is 1. The molecule has 2 unspecified atom stereocenters. The van der Waals surface area contributed by atoms with Gasteiger partial charge in [0.15, 0.2) is 0 Å². The van der Waals surface area contributed by atoms with Crippen LogP contribution >= 0.6 is 11.6 Å². The fourth-order valence-electron chi connectivity index (χ4n) is 3.56. The summed E-state index contributed by atoms with van der Waals surface area (Å²) in [4.78, 5) is 41.2. The van der Waals surface area contributed by atoms with Crippen LogP contribution in [0.1, 0.15) is 56.8 Å². The number of ether oxygens (including phenoxy) is 1. The van der Waals surface area contributed by atoms with E-state index in [0.717, 1.165) is 19.3 Å². The molecule has 0 bridgehead atoms. The van der Waals surface area contributed by atoms with Crippen molar-refractivity contribution in [3.63, 3.8) is 0 Å². The van der Waals surface area contributed by atoms with Gasteiger partial charge in [-0.3, -0.25) is 14.4 Å². The first kappa shape index (κ1) is 23.2. The molecule has 160 valence electrons. The number of carbonyl (C=O) groups excluding carboxylic acids is 3. The third-order valence-electron chi connectivity index (χ3n) is 5.45. The minimum atomic E-state index is -0.261. The SMILES string of the molecule is CCOC(=O)C1CCCN(C(=O)CCN(C(=O)c2ccccc2Cl)C(C)CC)C1. The molecule has 1 aromatic carbocycles. The maximum Gasteiger partial charge on any atom is 0.310 e. The first-order valence-electron chi connectivity index (χ1n) is 10.4. The molecular weight excluding hydrogens is 392 g/mol. The highest BCUT2D eigenvalue weighted by atomic mass is 35.5. The number of halogens is 1. The number of benzene rings is 1. The van der Waals surface area contributed by atoms with Crippen LogP contribution in [0.4, 0.5) is 0 Å². The molecule has 2 rings (SSSR count). The Kier molecular flexibility index (Phi) is 8.96. The van der Waals surface area contributed by atoms with E-state index in [1.165, 1.54) is 0 Å². The molecule has 0 saturated carbocycles. The number of hydrogen-bond donors (Lipinski definition) is 0. The zero-order chi connectivity index (χ0) is 21.4. The highest BCUT2D eigenvalue weighted by Crippen LogP contribution is 2.21. The summed E-state index contributed by atoms with van der Waals surface area (Å²) in [5.74, 6) is -0.705. The summed E-state index contributed by atoms with van der Waals surface area (Å²) in [6.45, 7) is 7.44. The van der Waals surface area contributed by atoms with Crippen molar-refractivity contribution < 1.29 is 19.1 Å². The predicted octanol–water partition coefficient (Wildman–Crippen LogP) is 3.77. The van der Waals surface area contributed by atoms with Crippen molar-refractivity contribution in [2.45, 2.75) is 52.5 Å². The lowest BCUT2D eigenvalue weighted by molar-refractivity contribution is -0.151. The van der Waals surface area contributed by atoms with Crippen molar-refractivity contribution in [1.82, 2.24) is 9.80 Å². The molecule has 1 aliphatic rings. The highest BCUT2D eigenvalue weighted by Gasteiger charge is 2.30. The maximum absolute atomic E-state index is 13.0. The number of rotatable bonds is 8. The number of likely N-dealkylation sites (tertiary alicyclic amines) is 1. The van der Waals surface area contributed by atoms with E-state index in [9.17, 15) is 14.4 Å². The second kappa shape index (κ2) is 11.2. The molecule has 1 aromatic rings. The molecule has 1 heterocycles. The first-order chi connectivity index (χ1) is 13.9. The Hall–Kier alpha value is -2.08. The Labute approximate surface area is 178 Å². The Morgan fingerprint density at radius 1 is 1.28 bits per heavy atom. The third-order valence-corrected chi connectivity index (χ3v) is 5.78. The summed E-state index contributed by atoms with van der Waals surface area (Å²) >= 11 is 6.20. The predicted molar refractivity (Wildman–Crippen MR) is 113 cm³/mol. The van der Waals surface area contributed by atoms with Crippen LogP contribution in [0.5, 0.6) is 0 Å². The van der Waals surface area contributed by atoms with Gasteiger partial charge in [0.25, 0.3) is 5.91 Å². The molecule has 0 radical (unpaired) electrons. The maximum atomic E-state index is 13.0. The molecule has 1 aliphatic heterocycles. The standard InChI is InChI=1S/C22H31ClN2O4/c1-4-16(3)25(21(27)18-10-6-7-11-19(18)23)14-12-20(26)24-13-8-9-17(15-24)22(28)29-5-2/h6-7,10-11,16-17H,4-5,8-9,12-15H2,1-3H3. The van der Waals surface area contributed by atoms with Crippen LogP contribution in [-0.2, 0) is 14.3 Å². The van der Waals surface area contributed by atoms with Gasteiger partial charge >= 0.3 is 5.97 Å². The second-order valence-electron chi connectivity index (χ2n) is 7.42. The Morgan fingerprint density at radius 3 is 2.66 bits per heavy atom. The van der Waals surface area contributed by atoms with Crippen LogP contribution in [-0.4, -0.2) is 59.9 Å². The number of piperidine rings is 1. The van der Waals surface area contributed by atoms with Gasteiger partial charge in [0.2, 0.25) is 5.91 Å². The average Bonchev–Trinajstić information content (AvgIpc) is 2.73. The van der Waals surface area contributed by atoms with Crippen molar-refractivity contribution in [3.05, 3.63) is 34.9 Å². The number of nitrogens with zero attached hydrogens (tertiary/aromatic N) is 2. The minimum Gasteiger partial charge on any atom is -0.466 e.